The van der Waals surface area contributed by atoms with Crippen LogP contribution in [0.3, 0.4) is 0 Å². The van der Waals surface area contributed by atoms with Crippen molar-refractivity contribution in [3.05, 3.63) is 100 Å². The van der Waals surface area contributed by atoms with Crippen molar-refractivity contribution >= 4 is 43.1 Å². The molecule has 0 fully saturated rings. The van der Waals surface area contributed by atoms with Crippen molar-refractivity contribution in [2.24, 2.45) is 0 Å². The van der Waals surface area contributed by atoms with E-state index in [1.165, 1.54) is 143 Å². The normalized spacial score (nSPS) is 12.8. The highest BCUT2D eigenvalue weighted by Gasteiger charge is 2.32. The lowest BCUT2D eigenvalue weighted by molar-refractivity contribution is 1.19. The molecule has 0 saturated heterocycles. The van der Waals surface area contributed by atoms with Crippen LogP contribution in [0.4, 0.5) is 0 Å². The second-order valence-corrected chi connectivity index (χ2v) is 14.9. The van der Waals surface area contributed by atoms with E-state index in [9.17, 15) is 0 Å². The number of hydrogen-bond donors (Lipinski definition) is 0. The third-order valence-corrected chi connectivity index (χ3v) is 13.2. The predicted octanol–water partition coefficient (Wildman–Crippen LogP) is 12.8. The topological polar surface area (TPSA) is 0 Å². The van der Waals surface area contributed by atoms with Crippen molar-refractivity contribution in [2.75, 3.05) is 0 Å². The van der Waals surface area contributed by atoms with Gasteiger partial charge >= 0.3 is 0 Å². The lowest BCUT2D eigenvalue weighted by Crippen LogP contribution is -2.03. The highest BCUT2D eigenvalue weighted by Crippen LogP contribution is 2.53. The summed E-state index contributed by atoms with van der Waals surface area (Å²) in [7, 11) is 0. The second-order valence-electron chi connectivity index (χ2n) is 14.9. The Morgan fingerprint density at radius 1 is 0.200 bits per heavy atom. The molecule has 0 nitrogen and oxygen atoms in total. The smallest absolute Gasteiger partial charge is 0.000754 e. The summed E-state index contributed by atoms with van der Waals surface area (Å²) in [5, 5.41) is 11.9. The fourth-order valence-electron chi connectivity index (χ4n) is 10.3. The predicted molar refractivity (Wildman–Crippen MR) is 200 cm³/mol. The molecule has 0 heterocycles. The molecule has 0 aromatic heterocycles. The fraction of sp³-hybridized carbons (Fsp3) is 0.378. The minimum Gasteiger partial charge on any atom is -0.0444 e. The summed E-state index contributed by atoms with van der Waals surface area (Å²) in [5.41, 5.74) is 29.4. The average molecular weight is 591 g/mol. The first-order valence-corrected chi connectivity index (χ1v) is 17.0. The van der Waals surface area contributed by atoms with E-state index in [-0.39, 0.29) is 0 Å². The second kappa shape index (κ2) is 9.45. The van der Waals surface area contributed by atoms with E-state index >= 15 is 0 Å². The van der Waals surface area contributed by atoms with Crippen molar-refractivity contribution in [3.8, 4) is 11.1 Å². The van der Waals surface area contributed by atoms with Gasteiger partial charge < -0.3 is 0 Å². The summed E-state index contributed by atoms with van der Waals surface area (Å²) in [6.07, 6.45) is 1.03. The van der Waals surface area contributed by atoms with E-state index in [0.29, 0.717) is 0 Å². The Morgan fingerprint density at radius 2 is 0.400 bits per heavy atom. The van der Waals surface area contributed by atoms with Crippen LogP contribution in [0.1, 0.15) is 100 Å². The largest absolute Gasteiger partial charge is 0.0444 e. The zero-order chi connectivity index (χ0) is 32.9. The zero-order valence-corrected chi connectivity index (χ0v) is 30.7. The number of benzene rings is 6. The van der Waals surface area contributed by atoms with Gasteiger partial charge in [0, 0.05) is 0 Å². The minimum absolute atomic E-state index is 1.03. The van der Waals surface area contributed by atoms with E-state index in [1.807, 2.05) is 0 Å². The molecule has 0 amide bonds. The Morgan fingerprint density at radius 3 is 0.644 bits per heavy atom. The number of rotatable bonds is 0. The first-order valence-electron chi connectivity index (χ1n) is 17.0. The van der Waals surface area contributed by atoms with Gasteiger partial charge in [-0.25, -0.2) is 0 Å². The number of hydrogen-bond acceptors (Lipinski definition) is 0. The molecule has 0 heteroatoms. The molecule has 0 unspecified atom stereocenters. The standard InChI is InChI=1S/C45H50/c1-18-20(3)24(7)38-30(13)42-32(15)44-34(26(9)40(42)28(11)36(38)22(18)5)17-35-27(10)41-29(12)37-23(6)19(2)21(4)25(8)39(37)31(14)43(41)33(16)45(35)44/h17H2,1-16H3. The van der Waals surface area contributed by atoms with Gasteiger partial charge in [0.25, 0.3) is 0 Å². The molecule has 1 aliphatic carbocycles. The molecule has 0 spiro atoms. The van der Waals surface area contributed by atoms with Gasteiger partial charge in [-0.3, -0.25) is 0 Å². The molecule has 0 N–H and O–H groups in total. The SMILES string of the molecule is Cc1c(C)c(C)c2c(C)c3c(C)c4c(c(C)c3c(C)c2c1C)Cc1c-4c(C)c2c(C)c3c(C)c(C)c(C)c(C)c3c(C)c2c1C. The summed E-state index contributed by atoms with van der Waals surface area (Å²) in [6, 6.07) is 0. The lowest BCUT2D eigenvalue weighted by atomic mass is 9.78. The maximum atomic E-state index is 2.42. The minimum atomic E-state index is 1.03. The summed E-state index contributed by atoms with van der Waals surface area (Å²) in [5.74, 6) is 0. The third kappa shape index (κ3) is 3.39. The molecule has 1 aliphatic rings. The molecule has 0 saturated carbocycles. The van der Waals surface area contributed by atoms with E-state index in [0.717, 1.165) is 6.42 Å². The first kappa shape index (κ1) is 30.0. The van der Waals surface area contributed by atoms with Crippen LogP contribution >= 0.6 is 0 Å². The summed E-state index contributed by atoms with van der Waals surface area (Å²) in [6.45, 7) is 37.9. The van der Waals surface area contributed by atoms with Crippen LogP contribution in [0.15, 0.2) is 0 Å². The Hall–Kier alpha value is -3.64. The molecule has 0 bridgehead atoms. The Labute approximate surface area is 270 Å². The van der Waals surface area contributed by atoms with Crippen molar-refractivity contribution in [3.63, 3.8) is 0 Å². The van der Waals surface area contributed by atoms with E-state index in [2.05, 4.69) is 111 Å². The van der Waals surface area contributed by atoms with Crippen LogP contribution in [0.25, 0.3) is 54.2 Å². The number of fused-ring (bicyclic) bond motifs is 7. The highest BCUT2D eigenvalue weighted by molar-refractivity contribution is 6.16. The Bertz CT molecular complexity index is 2250. The number of aryl methyl sites for hydroxylation is 12. The van der Waals surface area contributed by atoms with Crippen LogP contribution in [0, 0.1) is 111 Å². The molecule has 6 aromatic carbocycles. The van der Waals surface area contributed by atoms with Crippen LogP contribution in [-0.2, 0) is 6.42 Å². The van der Waals surface area contributed by atoms with Gasteiger partial charge in [-0.05, 0) is 272 Å². The fourth-order valence-corrected chi connectivity index (χ4v) is 10.3. The molecule has 230 valence electrons. The molecule has 6 aromatic rings. The first-order chi connectivity index (χ1) is 21.1. The van der Waals surface area contributed by atoms with Crippen LogP contribution in [0.2, 0.25) is 0 Å². The Balaban J connectivity index is 1.70. The van der Waals surface area contributed by atoms with E-state index < -0.39 is 0 Å². The van der Waals surface area contributed by atoms with Gasteiger partial charge in [-0.1, -0.05) is 0 Å². The molecule has 0 radical (unpaired) electrons. The van der Waals surface area contributed by atoms with Crippen LogP contribution < -0.4 is 0 Å². The van der Waals surface area contributed by atoms with Gasteiger partial charge in [-0.15, -0.1) is 0 Å². The van der Waals surface area contributed by atoms with E-state index in [4.69, 9.17) is 0 Å². The molecular formula is C45H50. The van der Waals surface area contributed by atoms with Crippen LogP contribution in [-0.4, -0.2) is 0 Å². The Kier molecular flexibility index (Phi) is 6.31. The van der Waals surface area contributed by atoms with Crippen molar-refractivity contribution in [1.29, 1.82) is 0 Å². The average Bonchev–Trinajstić information content (AvgIpc) is 3.42. The van der Waals surface area contributed by atoms with Gasteiger partial charge in [0.05, 0.1) is 0 Å². The van der Waals surface area contributed by atoms with Crippen LogP contribution in [0.5, 0.6) is 0 Å². The maximum Gasteiger partial charge on any atom is -0.000754 e. The van der Waals surface area contributed by atoms with Gasteiger partial charge in [0.15, 0.2) is 0 Å². The molecular weight excluding hydrogens is 540 g/mol. The maximum absolute atomic E-state index is 2.42. The van der Waals surface area contributed by atoms with Crippen molar-refractivity contribution in [1.82, 2.24) is 0 Å². The quantitative estimate of drug-likeness (QED) is 0.154. The molecule has 0 atom stereocenters. The van der Waals surface area contributed by atoms with Gasteiger partial charge in [0.1, 0.15) is 0 Å². The van der Waals surface area contributed by atoms with Crippen molar-refractivity contribution in [2.45, 2.75) is 117 Å². The van der Waals surface area contributed by atoms with E-state index in [1.54, 1.807) is 11.1 Å². The summed E-state index contributed by atoms with van der Waals surface area (Å²) in [4.78, 5) is 0. The third-order valence-electron chi connectivity index (χ3n) is 13.2. The lowest BCUT2D eigenvalue weighted by Gasteiger charge is -2.25. The molecule has 7 rings (SSSR count). The van der Waals surface area contributed by atoms with Gasteiger partial charge in [0.2, 0.25) is 0 Å². The molecule has 0 aliphatic heterocycles. The summed E-state index contributed by atoms with van der Waals surface area (Å²) >= 11 is 0. The highest BCUT2D eigenvalue weighted by atomic mass is 14.4. The molecule has 45 heavy (non-hydrogen) atoms. The zero-order valence-electron chi connectivity index (χ0n) is 30.7. The monoisotopic (exact) mass is 590 g/mol. The summed E-state index contributed by atoms with van der Waals surface area (Å²) < 4.78 is 0. The van der Waals surface area contributed by atoms with Gasteiger partial charge in [-0.2, -0.15) is 0 Å². The van der Waals surface area contributed by atoms with Crippen molar-refractivity contribution < 1.29 is 0 Å².